The van der Waals surface area contributed by atoms with Gasteiger partial charge in [0.15, 0.2) is 13.5 Å². The zero-order valence-corrected chi connectivity index (χ0v) is 14.6. The Bertz CT molecular complexity index is 1070. The lowest BCUT2D eigenvalue weighted by Crippen LogP contribution is -2.22. The number of halogens is 2. The van der Waals surface area contributed by atoms with Crippen LogP contribution >= 0.6 is 22.9 Å². The summed E-state index contributed by atoms with van der Waals surface area (Å²) in [6, 6.07) is 2.44. The van der Waals surface area contributed by atoms with Crippen LogP contribution in [0, 0.1) is 18.2 Å². The van der Waals surface area contributed by atoms with Crippen LogP contribution in [0.25, 0.3) is 21.5 Å². The molecule has 5 nitrogen and oxygen atoms in total. The SMILES string of the molecule is BCOc1c(Cl)ccc(F)c1-c1c(O)c2scnc2n(CC#C)c1=O. The molecule has 0 saturated carbocycles. The van der Waals surface area contributed by atoms with Crippen molar-refractivity contribution in [3.63, 3.8) is 0 Å². The third-order valence-corrected chi connectivity index (χ3v) is 4.68. The van der Waals surface area contributed by atoms with E-state index in [1.807, 2.05) is 0 Å². The monoisotopic (exact) mass is 376 g/mol. The van der Waals surface area contributed by atoms with Crippen molar-refractivity contribution in [3.05, 3.63) is 38.8 Å². The molecule has 1 aromatic carbocycles. The van der Waals surface area contributed by atoms with Gasteiger partial charge in [-0.3, -0.25) is 9.36 Å². The first-order chi connectivity index (χ1) is 12.0. The number of aromatic nitrogens is 2. The van der Waals surface area contributed by atoms with Crippen LogP contribution in [0.3, 0.4) is 0 Å². The molecule has 2 aromatic heterocycles. The summed E-state index contributed by atoms with van der Waals surface area (Å²) in [6.45, 7) is 0.136. The molecule has 3 rings (SSSR count). The third-order valence-electron chi connectivity index (χ3n) is 3.56. The number of hydrogen-bond acceptors (Lipinski definition) is 5. The van der Waals surface area contributed by atoms with Crippen LogP contribution in [0.15, 0.2) is 22.4 Å². The van der Waals surface area contributed by atoms with Crippen LogP contribution in [0.5, 0.6) is 11.5 Å². The second-order valence-corrected chi connectivity index (χ2v) is 6.25. The minimum Gasteiger partial charge on any atom is -0.505 e. The van der Waals surface area contributed by atoms with E-state index in [2.05, 4.69) is 10.9 Å². The van der Waals surface area contributed by atoms with Gasteiger partial charge in [0, 0.05) is 0 Å². The Hall–Kier alpha value is -2.50. The van der Waals surface area contributed by atoms with Gasteiger partial charge in [0.2, 0.25) is 0 Å². The molecule has 0 bridgehead atoms. The minimum atomic E-state index is -0.739. The van der Waals surface area contributed by atoms with E-state index in [-0.39, 0.29) is 46.3 Å². The van der Waals surface area contributed by atoms with E-state index in [1.54, 1.807) is 7.85 Å². The molecule has 25 heavy (non-hydrogen) atoms. The number of terminal acetylenes is 1. The van der Waals surface area contributed by atoms with Crippen molar-refractivity contribution in [2.24, 2.45) is 0 Å². The van der Waals surface area contributed by atoms with Gasteiger partial charge in [0.05, 0.1) is 34.7 Å². The number of hydrogen-bond donors (Lipinski definition) is 1. The molecule has 0 amide bonds. The molecule has 0 saturated heterocycles. The van der Waals surface area contributed by atoms with E-state index >= 15 is 0 Å². The number of thiazole rings is 1. The van der Waals surface area contributed by atoms with Gasteiger partial charge in [0.1, 0.15) is 22.0 Å². The van der Waals surface area contributed by atoms with Crippen LogP contribution in [0.4, 0.5) is 4.39 Å². The number of aromatic hydroxyl groups is 1. The molecule has 3 aromatic rings. The van der Waals surface area contributed by atoms with Gasteiger partial charge in [-0.2, -0.15) is 0 Å². The quantitative estimate of drug-likeness (QED) is 0.560. The molecule has 0 unspecified atom stereocenters. The zero-order chi connectivity index (χ0) is 18.1. The van der Waals surface area contributed by atoms with Gasteiger partial charge in [-0.15, -0.1) is 17.8 Å². The first-order valence-corrected chi connectivity index (χ1v) is 8.50. The number of rotatable bonds is 4. The molecule has 0 aliphatic heterocycles. The van der Waals surface area contributed by atoms with Gasteiger partial charge in [-0.1, -0.05) is 17.5 Å². The second kappa shape index (κ2) is 6.79. The summed E-state index contributed by atoms with van der Waals surface area (Å²) in [7, 11) is 1.70. The first kappa shape index (κ1) is 17.3. The Morgan fingerprint density at radius 3 is 2.92 bits per heavy atom. The first-order valence-electron chi connectivity index (χ1n) is 7.24. The molecule has 9 heteroatoms. The normalized spacial score (nSPS) is 10.8. The minimum absolute atomic E-state index is 0.00677. The molecule has 0 aliphatic rings. The molecular weight excluding hydrogens is 366 g/mol. The molecule has 126 valence electrons. The average Bonchev–Trinajstić information content (AvgIpc) is 3.07. The van der Waals surface area contributed by atoms with Gasteiger partial charge in [-0.05, 0) is 12.1 Å². The highest BCUT2D eigenvalue weighted by Gasteiger charge is 2.26. The lowest BCUT2D eigenvalue weighted by Gasteiger charge is -2.15. The Morgan fingerprint density at radius 1 is 1.48 bits per heavy atom. The maximum atomic E-state index is 14.6. The van der Waals surface area contributed by atoms with E-state index in [9.17, 15) is 14.3 Å². The fraction of sp³-hybridized carbons (Fsp3) is 0.125. The fourth-order valence-corrected chi connectivity index (χ4v) is 3.51. The highest BCUT2D eigenvalue weighted by molar-refractivity contribution is 7.17. The van der Waals surface area contributed by atoms with Crippen molar-refractivity contribution in [2.45, 2.75) is 6.54 Å². The van der Waals surface area contributed by atoms with Crippen molar-refractivity contribution in [3.8, 4) is 35.0 Å². The number of benzene rings is 1. The number of ether oxygens (including phenoxy) is 1. The average molecular weight is 377 g/mol. The predicted molar refractivity (Wildman–Crippen MR) is 98.8 cm³/mol. The van der Waals surface area contributed by atoms with Crippen LogP contribution in [-0.4, -0.2) is 29.0 Å². The van der Waals surface area contributed by atoms with Crippen molar-refractivity contribution < 1.29 is 14.2 Å². The van der Waals surface area contributed by atoms with Crippen molar-refractivity contribution in [2.75, 3.05) is 6.51 Å². The Morgan fingerprint density at radius 2 is 2.24 bits per heavy atom. The Kier molecular flexibility index (Phi) is 4.70. The molecule has 1 N–H and O–H groups in total. The van der Waals surface area contributed by atoms with E-state index in [0.29, 0.717) is 4.70 Å². The Balaban J connectivity index is 2.48. The molecule has 0 radical (unpaired) electrons. The largest absolute Gasteiger partial charge is 0.505 e. The summed E-state index contributed by atoms with van der Waals surface area (Å²) >= 11 is 7.22. The fourth-order valence-electron chi connectivity index (χ4n) is 2.56. The topological polar surface area (TPSA) is 64.3 Å². The number of pyridine rings is 1. The smallest absolute Gasteiger partial charge is 0.265 e. The molecule has 2 heterocycles. The van der Waals surface area contributed by atoms with Gasteiger partial charge >= 0.3 is 0 Å². The van der Waals surface area contributed by atoms with Gasteiger partial charge < -0.3 is 9.84 Å². The summed E-state index contributed by atoms with van der Waals surface area (Å²) < 4.78 is 21.5. The molecule has 0 fully saturated rings. The zero-order valence-electron chi connectivity index (χ0n) is 13.0. The summed E-state index contributed by atoms with van der Waals surface area (Å²) in [5.41, 5.74) is 0.595. The Labute approximate surface area is 152 Å². The molecule has 0 aliphatic carbocycles. The van der Waals surface area contributed by atoms with E-state index in [4.69, 9.17) is 22.8 Å². The second-order valence-electron chi connectivity index (χ2n) is 4.99. The molecular formula is C16H11BClFN2O3S. The van der Waals surface area contributed by atoms with E-state index < -0.39 is 11.4 Å². The lowest BCUT2D eigenvalue weighted by atomic mass is 10.0. The van der Waals surface area contributed by atoms with Gasteiger partial charge in [-0.25, -0.2) is 9.37 Å². The van der Waals surface area contributed by atoms with Crippen LogP contribution < -0.4 is 10.3 Å². The van der Waals surface area contributed by atoms with Crippen molar-refractivity contribution in [1.82, 2.24) is 9.55 Å². The van der Waals surface area contributed by atoms with E-state index in [0.717, 1.165) is 17.4 Å². The maximum absolute atomic E-state index is 14.6. The van der Waals surface area contributed by atoms with Crippen molar-refractivity contribution >= 4 is 41.1 Å². The molecule has 0 atom stereocenters. The highest BCUT2D eigenvalue weighted by atomic mass is 35.5. The van der Waals surface area contributed by atoms with Gasteiger partial charge in [0.25, 0.3) is 5.56 Å². The number of fused-ring (bicyclic) bond motifs is 1. The van der Waals surface area contributed by atoms with Crippen molar-refractivity contribution in [1.29, 1.82) is 0 Å². The summed E-state index contributed by atoms with van der Waals surface area (Å²) in [5.74, 6) is 1.24. The highest BCUT2D eigenvalue weighted by Crippen LogP contribution is 2.43. The number of nitrogens with zero attached hydrogens (tertiary/aromatic N) is 2. The third kappa shape index (κ3) is 2.75. The summed E-state index contributed by atoms with van der Waals surface area (Å²) in [4.78, 5) is 17.0. The van der Waals surface area contributed by atoms with Crippen LogP contribution in [0.1, 0.15) is 0 Å². The maximum Gasteiger partial charge on any atom is 0.265 e. The van der Waals surface area contributed by atoms with Crippen LogP contribution in [-0.2, 0) is 6.54 Å². The van der Waals surface area contributed by atoms with E-state index in [1.165, 1.54) is 16.1 Å². The molecule has 0 spiro atoms. The standard InChI is InChI=1S/C16H11BClFN2O3S/c1-2-5-21-15-14(25-7-20-15)12(22)11(16(21)23)10-9(19)4-3-8(18)13(10)24-6-17/h1,3-4,7,22H,5-6,17H2. The summed E-state index contributed by atoms with van der Waals surface area (Å²) in [5, 5.41) is 10.7. The van der Waals surface area contributed by atoms with Crippen LogP contribution in [0.2, 0.25) is 5.02 Å². The lowest BCUT2D eigenvalue weighted by molar-refractivity contribution is 0.386. The predicted octanol–water partition coefficient (Wildman–Crippen LogP) is 2.23. The summed E-state index contributed by atoms with van der Waals surface area (Å²) in [6.07, 6.45) is 5.33.